The lowest BCUT2D eigenvalue weighted by Crippen LogP contribution is -2.41. The maximum absolute atomic E-state index is 13.1. The van der Waals surface area contributed by atoms with Crippen molar-refractivity contribution in [3.63, 3.8) is 0 Å². The van der Waals surface area contributed by atoms with Crippen molar-refractivity contribution in [1.82, 2.24) is 14.8 Å². The van der Waals surface area contributed by atoms with E-state index in [9.17, 15) is 4.39 Å². The Morgan fingerprint density at radius 1 is 1.17 bits per heavy atom. The van der Waals surface area contributed by atoms with E-state index in [1.807, 2.05) is 33.8 Å². The molecule has 0 saturated carbocycles. The maximum Gasteiger partial charge on any atom is 0.496 e. The number of rotatable bonds is 8. The Hall–Kier alpha value is -1.29. The van der Waals surface area contributed by atoms with Crippen LogP contribution in [0.5, 0.6) is 0 Å². The summed E-state index contributed by atoms with van der Waals surface area (Å²) >= 11 is 0. The number of fused-ring (bicyclic) bond motifs is 1. The fraction of sp³-hybridized carbons (Fsp3) is 0.700. The zero-order valence-electron chi connectivity index (χ0n) is 18.7. The molecule has 0 aliphatic carbocycles. The summed E-state index contributed by atoms with van der Waals surface area (Å²) in [5.74, 6) is 0. The molecule has 9 heteroatoms. The highest BCUT2D eigenvalue weighted by Crippen LogP contribution is 2.36. The Balaban J connectivity index is 1.83. The summed E-state index contributed by atoms with van der Waals surface area (Å²) in [7, 11) is -1.66. The van der Waals surface area contributed by atoms with Crippen LogP contribution in [0.1, 0.15) is 33.4 Å². The molecule has 0 spiro atoms. The molecule has 0 aromatic carbocycles. The van der Waals surface area contributed by atoms with E-state index < -0.39 is 33.1 Å². The lowest BCUT2D eigenvalue weighted by atomic mass is 9.80. The number of nitrogens with zero attached hydrogens (tertiary/aromatic N) is 3. The molecule has 6 nitrogen and oxygen atoms in total. The molecule has 1 saturated heterocycles. The standard InChI is InChI=1S/C20H33BFN3O3Si/c1-19(2)20(3,4)28-21(27-19)15-12-16-17(8-9-22)24-25(18(16)23-13-15)14-26-10-11-29(5,6)7/h12-13H,8-11,14H2,1-7H3. The monoisotopic (exact) mass is 421 g/mol. The minimum atomic E-state index is -1.15. The van der Waals surface area contributed by atoms with Gasteiger partial charge >= 0.3 is 7.12 Å². The second-order valence-electron chi connectivity index (χ2n) is 9.96. The third kappa shape index (κ3) is 4.90. The minimum Gasteiger partial charge on any atom is -0.399 e. The van der Waals surface area contributed by atoms with Gasteiger partial charge in [0.1, 0.15) is 6.73 Å². The van der Waals surface area contributed by atoms with Gasteiger partial charge in [0.25, 0.3) is 0 Å². The Morgan fingerprint density at radius 2 is 1.83 bits per heavy atom. The summed E-state index contributed by atoms with van der Waals surface area (Å²) in [5, 5.41) is 5.38. The summed E-state index contributed by atoms with van der Waals surface area (Å²) in [6.07, 6.45) is 2.00. The van der Waals surface area contributed by atoms with Crippen molar-refractivity contribution in [2.45, 2.75) is 77.7 Å². The van der Waals surface area contributed by atoms with Crippen molar-refractivity contribution < 1.29 is 18.4 Å². The largest absolute Gasteiger partial charge is 0.496 e. The van der Waals surface area contributed by atoms with Crippen molar-refractivity contribution in [1.29, 1.82) is 0 Å². The summed E-state index contributed by atoms with van der Waals surface area (Å²) in [6.45, 7) is 15.6. The predicted molar refractivity (Wildman–Crippen MR) is 117 cm³/mol. The smallest absolute Gasteiger partial charge is 0.399 e. The summed E-state index contributed by atoms with van der Waals surface area (Å²) in [4.78, 5) is 4.60. The molecule has 2 aromatic heterocycles. The van der Waals surface area contributed by atoms with Gasteiger partial charge in [-0.25, -0.2) is 9.67 Å². The molecule has 3 heterocycles. The van der Waals surface area contributed by atoms with E-state index >= 15 is 0 Å². The fourth-order valence-electron chi connectivity index (χ4n) is 3.14. The third-order valence-corrected chi connectivity index (χ3v) is 7.46. The summed E-state index contributed by atoms with van der Waals surface area (Å²) in [5.41, 5.74) is 1.34. The molecule has 3 rings (SSSR count). The van der Waals surface area contributed by atoms with Crippen molar-refractivity contribution in [2.75, 3.05) is 13.3 Å². The van der Waals surface area contributed by atoms with E-state index in [0.717, 1.165) is 16.9 Å². The average molecular weight is 421 g/mol. The molecule has 0 amide bonds. The van der Waals surface area contributed by atoms with E-state index in [-0.39, 0.29) is 6.42 Å². The number of aryl methyl sites for hydroxylation is 1. The van der Waals surface area contributed by atoms with E-state index in [4.69, 9.17) is 14.0 Å². The first-order valence-electron chi connectivity index (χ1n) is 10.3. The number of hydrogen-bond acceptors (Lipinski definition) is 5. The topological polar surface area (TPSA) is 58.4 Å². The number of ether oxygens (including phenoxy) is 1. The van der Waals surface area contributed by atoms with Crippen LogP contribution in [-0.2, 0) is 27.2 Å². The molecule has 1 aliphatic heterocycles. The van der Waals surface area contributed by atoms with Gasteiger partial charge in [-0.05, 0) is 39.8 Å². The second kappa shape index (κ2) is 8.09. The van der Waals surface area contributed by atoms with Gasteiger partial charge < -0.3 is 14.0 Å². The van der Waals surface area contributed by atoms with Gasteiger partial charge in [0.05, 0.1) is 23.6 Å². The number of halogens is 1. The Bertz CT molecular complexity index is 851. The molecular formula is C20H33BFN3O3Si. The van der Waals surface area contributed by atoms with Crippen LogP contribution in [0.2, 0.25) is 25.7 Å². The lowest BCUT2D eigenvalue weighted by Gasteiger charge is -2.32. The quantitative estimate of drug-likeness (QED) is 0.482. The highest BCUT2D eigenvalue weighted by Gasteiger charge is 2.51. The third-order valence-electron chi connectivity index (χ3n) is 5.75. The van der Waals surface area contributed by atoms with Crippen LogP contribution in [0.3, 0.4) is 0 Å². The Labute approximate surface area is 174 Å². The van der Waals surface area contributed by atoms with Crippen LogP contribution in [0.25, 0.3) is 11.0 Å². The number of hydrogen-bond donors (Lipinski definition) is 0. The van der Waals surface area contributed by atoms with Gasteiger partial charge in [0.2, 0.25) is 0 Å². The van der Waals surface area contributed by atoms with Crippen LogP contribution in [-0.4, -0.2) is 54.4 Å². The molecule has 0 radical (unpaired) electrons. The van der Waals surface area contributed by atoms with E-state index in [2.05, 4.69) is 29.7 Å². The molecule has 0 bridgehead atoms. The van der Waals surface area contributed by atoms with Crippen LogP contribution >= 0.6 is 0 Å². The van der Waals surface area contributed by atoms with Crippen LogP contribution in [0.15, 0.2) is 12.3 Å². The van der Waals surface area contributed by atoms with Crippen LogP contribution in [0, 0.1) is 0 Å². The van der Waals surface area contributed by atoms with Crippen LogP contribution in [0.4, 0.5) is 4.39 Å². The Kier molecular flexibility index (Phi) is 6.25. The van der Waals surface area contributed by atoms with E-state index in [1.54, 1.807) is 10.9 Å². The van der Waals surface area contributed by atoms with E-state index in [1.165, 1.54) is 0 Å². The zero-order chi connectivity index (χ0) is 21.4. The Morgan fingerprint density at radius 3 is 2.41 bits per heavy atom. The predicted octanol–water partition coefficient (Wildman–Crippen LogP) is 3.55. The molecule has 1 fully saturated rings. The van der Waals surface area contributed by atoms with Crippen LogP contribution < -0.4 is 5.46 Å². The lowest BCUT2D eigenvalue weighted by molar-refractivity contribution is 0.00578. The first kappa shape index (κ1) is 22.4. The van der Waals surface area contributed by atoms with Gasteiger partial charge in [0, 0.05) is 38.1 Å². The number of alkyl halides is 1. The molecule has 0 N–H and O–H groups in total. The molecule has 160 valence electrons. The summed E-state index contributed by atoms with van der Waals surface area (Å²) in [6, 6.07) is 3.05. The first-order chi connectivity index (χ1) is 13.4. The van der Waals surface area contributed by atoms with Gasteiger partial charge in [-0.3, -0.25) is 4.39 Å². The number of aromatic nitrogens is 3. The summed E-state index contributed by atoms with van der Waals surface area (Å²) < 4.78 is 32.9. The second-order valence-corrected chi connectivity index (χ2v) is 15.6. The zero-order valence-corrected chi connectivity index (χ0v) is 19.7. The molecule has 0 atom stereocenters. The van der Waals surface area contributed by atoms with Gasteiger partial charge in [0.15, 0.2) is 5.65 Å². The van der Waals surface area contributed by atoms with E-state index in [0.29, 0.717) is 24.7 Å². The van der Waals surface area contributed by atoms with Crippen molar-refractivity contribution in [3.05, 3.63) is 18.0 Å². The maximum atomic E-state index is 13.1. The van der Waals surface area contributed by atoms with Gasteiger partial charge in [-0.1, -0.05) is 19.6 Å². The van der Waals surface area contributed by atoms with Crippen molar-refractivity contribution >= 4 is 31.7 Å². The van der Waals surface area contributed by atoms with Gasteiger partial charge in [-0.15, -0.1) is 0 Å². The molecule has 1 aliphatic rings. The molecule has 2 aromatic rings. The first-order valence-corrected chi connectivity index (χ1v) is 14.0. The van der Waals surface area contributed by atoms with Gasteiger partial charge in [-0.2, -0.15) is 5.10 Å². The highest BCUT2D eigenvalue weighted by atomic mass is 28.3. The fourth-order valence-corrected chi connectivity index (χ4v) is 3.90. The molecule has 0 unspecified atom stereocenters. The highest BCUT2D eigenvalue weighted by molar-refractivity contribution is 6.76. The minimum absolute atomic E-state index is 0.243. The normalized spacial score (nSPS) is 18.7. The average Bonchev–Trinajstić information content (AvgIpc) is 3.05. The number of pyridine rings is 1. The van der Waals surface area contributed by atoms with Crippen molar-refractivity contribution in [3.8, 4) is 0 Å². The molecular weight excluding hydrogens is 388 g/mol. The SMILES string of the molecule is CC1(C)OB(c2cnc3c(c2)c(CCF)nn3COCC[Si](C)(C)C)OC1(C)C. The van der Waals surface area contributed by atoms with Crippen molar-refractivity contribution in [2.24, 2.45) is 0 Å². The molecule has 29 heavy (non-hydrogen) atoms.